The topological polar surface area (TPSA) is 51.2 Å². The van der Waals surface area contributed by atoms with Crippen molar-refractivity contribution >= 4 is 15.6 Å². The monoisotopic (exact) mass is 218 g/mol. The number of hydrogen-bond acceptors (Lipinski definition) is 3. The third-order valence-corrected chi connectivity index (χ3v) is 4.42. The molecule has 0 radical (unpaired) electrons. The van der Waals surface area contributed by atoms with Gasteiger partial charge in [-0.15, -0.1) is 0 Å². The van der Waals surface area contributed by atoms with Crippen molar-refractivity contribution in [2.75, 3.05) is 11.5 Å². The van der Waals surface area contributed by atoms with Crippen LogP contribution in [0.4, 0.5) is 0 Å². The van der Waals surface area contributed by atoms with Crippen LogP contribution in [0, 0.1) is 11.8 Å². The number of ketones is 1. The van der Waals surface area contributed by atoms with E-state index in [-0.39, 0.29) is 23.2 Å². The maximum atomic E-state index is 11.6. The quantitative estimate of drug-likeness (QED) is 0.717. The Bertz CT molecular complexity index is 303. The van der Waals surface area contributed by atoms with Gasteiger partial charge in [-0.05, 0) is 18.8 Å². The third kappa shape index (κ3) is 3.40. The third-order valence-electron chi connectivity index (χ3n) is 2.66. The lowest BCUT2D eigenvalue weighted by molar-refractivity contribution is -0.122. The van der Waals surface area contributed by atoms with Gasteiger partial charge >= 0.3 is 0 Å². The Hall–Kier alpha value is -0.380. The minimum Gasteiger partial charge on any atom is -0.299 e. The van der Waals surface area contributed by atoms with E-state index in [1.807, 2.05) is 0 Å². The molecule has 1 rings (SSSR count). The first-order valence-corrected chi connectivity index (χ1v) is 6.96. The number of Topliss-reactive ketones (excluding diaryl/α,β-unsaturated/α-hetero) is 1. The van der Waals surface area contributed by atoms with Crippen LogP contribution in [-0.4, -0.2) is 25.7 Å². The van der Waals surface area contributed by atoms with Crippen LogP contribution < -0.4 is 0 Å². The van der Waals surface area contributed by atoms with Crippen LogP contribution in [0.15, 0.2) is 0 Å². The summed E-state index contributed by atoms with van der Waals surface area (Å²) < 4.78 is 22.3. The zero-order valence-corrected chi connectivity index (χ0v) is 9.64. The lowest BCUT2D eigenvalue weighted by Gasteiger charge is -2.07. The highest BCUT2D eigenvalue weighted by Crippen LogP contribution is 2.21. The predicted octanol–water partition coefficient (Wildman–Crippen LogP) is 1.43. The summed E-state index contributed by atoms with van der Waals surface area (Å²) in [5, 5.41) is 0. The van der Waals surface area contributed by atoms with Crippen molar-refractivity contribution in [3.8, 4) is 0 Å². The molecule has 1 saturated heterocycles. The Morgan fingerprint density at radius 3 is 2.50 bits per heavy atom. The van der Waals surface area contributed by atoms with Crippen molar-refractivity contribution in [2.45, 2.75) is 33.1 Å². The van der Waals surface area contributed by atoms with Crippen molar-refractivity contribution in [3.05, 3.63) is 0 Å². The number of carbonyl (C=O) groups is 1. The van der Waals surface area contributed by atoms with E-state index < -0.39 is 9.84 Å². The minimum atomic E-state index is -2.90. The van der Waals surface area contributed by atoms with Crippen LogP contribution in [0.5, 0.6) is 0 Å². The first-order valence-electron chi connectivity index (χ1n) is 5.14. The summed E-state index contributed by atoms with van der Waals surface area (Å²) in [5.74, 6) is 0.727. The summed E-state index contributed by atoms with van der Waals surface area (Å²) in [6.07, 6.45) is 1.95. The van der Waals surface area contributed by atoms with Gasteiger partial charge in [-0.25, -0.2) is 8.42 Å². The molecule has 1 fully saturated rings. The average molecular weight is 218 g/mol. The van der Waals surface area contributed by atoms with E-state index in [1.54, 1.807) is 0 Å². The maximum absolute atomic E-state index is 11.6. The van der Waals surface area contributed by atoms with Gasteiger partial charge in [0, 0.05) is 12.3 Å². The first kappa shape index (κ1) is 11.7. The van der Waals surface area contributed by atoms with Gasteiger partial charge in [0.25, 0.3) is 0 Å². The Morgan fingerprint density at radius 2 is 2.07 bits per heavy atom. The molecule has 1 atom stereocenters. The van der Waals surface area contributed by atoms with Crippen LogP contribution in [0.3, 0.4) is 0 Å². The van der Waals surface area contributed by atoms with Gasteiger partial charge < -0.3 is 0 Å². The number of carbonyl (C=O) groups excluding carboxylic acids is 1. The normalized spacial score (nSPS) is 25.5. The van der Waals surface area contributed by atoms with Crippen LogP contribution in [0.2, 0.25) is 0 Å². The number of sulfone groups is 1. The second-order valence-corrected chi connectivity index (χ2v) is 6.73. The van der Waals surface area contributed by atoms with Crippen molar-refractivity contribution in [2.24, 2.45) is 11.8 Å². The zero-order chi connectivity index (χ0) is 10.8. The van der Waals surface area contributed by atoms with E-state index in [4.69, 9.17) is 0 Å². The minimum absolute atomic E-state index is 0.0872. The Balaban J connectivity index is 2.40. The molecule has 0 aliphatic carbocycles. The summed E-state index contributed by atoms with van der Waals surface area (Å²) in [4.78, 5) is 11.6. The van der Waals surface area contributed by atoms with Gasteiger partial charge in [0.05, 0.1) is 11.5 Å². The van der Waals surface area contributed by atoms with E-state index in [9.17, 15) is 13.2 Å². The molecule has 0 spiro atoms. The number of hydrogen-bond donors (Lipinski definition) is 0. The summed E-state index contributed by atoms with van der Waals surface area (Å²) in [6.45, 7) is 4.14. The van der Waals surface area contributed by atoms with Crippen LogP contribution in [0.25, 0.3) is 0 Å². The maximum Gasteiger partial charge on any atom is 0.151 e. The lowest BCUT2D eigenvalue weighted by Crippen LogP contribution is -2.16. The fraction of sp³-hybridized carbons (Fsp3) is 0.900. The van der Waals surface area contributed by atoms with Gasteiger partial charge in [-0.2, -0.15) is 0 Å². The SMILES string of the molecule is CC(C)CCC(=O)C1CCS(=O)(=O)C1. The molecule has 0 aromatic rings. The largest absolute Gasteiger partial charge is 0.299 e. The predicted molar refractivity (Wildman–Crippen MR) is 55.8 cm³/mol. The van der Waals surface area contributed by atoms with Crippen molar-refractivity contribution in [1.29, 1.82) is 0 Å². The summed E-state index contributed by atoms with van der Waals surface area (Å²) >= 11 is 0. The summed E-state index contributed by atoms with van der Waals surface area (Å²) in [5.41, 5.74) is 0. The molecule has 4 heteroatoms. The zero-order valence-electron chi connectivity index (χ0n) is 8.82. The van der Waals surface area contributed by atoms with Crippen molar-refractivity contribution in [1.82, 2.24) is 0 Å². The van der Waals surface area contributed by atoms with Gasteiger partial charge in [0.1, 0.15) is 5.78 Å². The Labute approximate surface area is 85.8 Å². The number of rotatable bonds is 4. The first-order chi connectivity index (χ1) is 6.41. The smallest absolute Gasteiger partial charge is 0.151 e. The van der Waals surface area contributed by atoms with Gasteiger partial charge in [-0.1, -0.05) is 13.8 Å². The Kier molecular flexibility index (Phi) is 3.70. The molecule has 1 aliphatic rings. The van der Waals surface area contributed by atoms with Crippen LogP contribution >= 0.6 is 0 Å². The summed E-state index contributed by atoms with van der Waals surface area (Å²) in [6, 6.07) is 0. The highest BCUT2D eigenvalue weighted by Gasteiger charge is 2.32. The van der Waals surface area contributed by atoms with E-state index >= 15 is 0 Å². The molecule has 1 unspecified atom stereocenters. The molecular formula is C10H18O3S. The van der Waals surface area contributed by atoms with Crippen molar-refractivity contribution in [3.63, 3.8) is 0 Å². The fourth-order valence-corrected chi connectivity index (χ4v) is 3.46. The summed E-state index contributed by atoms with van der Waals surface area (Å²) in [7, 11) is -2.90. The van der Waals surface area contributed by atoms with Crippen LogP contribution in [0.1, 0.15) is 33.1 Å². The molecule has 0 bridgehead atoms. The molecule has 14 heavy (non-hydrogen) atoms. The molecule has 82 valence electrons. The highest BCUT2D eigenvalue weighted by molar-refractivity contribution is 7.91. The molecule has 3 nitrogen and oxygen atoms in total. The van der Waals surface area contributed by atoms with Crippen LogP contribution in [-0.2, 0) is 14.6 Å². The second kappa shape index (κ2) is 4.43. The lowest BCUT2D eigenvalue weighted by atomic mass is 9.97. The standard InChI is InChI=1S/C10H18O3S/c1-8(2)3-4-10(11)9-5-6-14(12,13)7-9/h8-9H,3-7H2,1-2H3. The molecule has 1 heterocycles. The van der Waals surface area contributed by atoms with Gasteiger partial charge in [0.15, 0.2) is 9.84 Å². The van der Waals surface area contributed by atoms with E-state index in [0.717, 1.165) is 6.42 Å². The van der Waals surface area contributed by atoms with Gasteiger partial charge in [0.2, 0.25) is 0 Å². The molecule has 0 aromatic carbocycles. The van der Waals surface area contributed by atoms with Gasteiger partial charge in [-0.3, -0.25) is 4.79 Å². The van der Waals surface area contributed by atoms with E-state index in [0.29, 0.717) is 18.8 Å². The molecule has 0 N–H and O–H groups in total. The molecule has 1 aliphatic heterocycles. The Morgan fingerprint density at radius 1 is 1.43 bits per heavy atom. The molecule has 0 saturated carbocycles. The van der Waals surface area contributed by atoms with E-state index in [1.165, 1.54) is 0 Å². The molecule has 0 amide bonds. The average Bonchev–Trinajstić information content (AvgIpc) is 2.41. The second-order valence-electron chi connectivity index (χ2n) is 4.50. The highest BCUT2D eigenvalue weighted by atomic mass is 32.2. The molecule has 0 aromatic heterocycles. The fourth-order valence-electron chi connectivity index (χ4n) is 1.68. The molecular weight excluding hydrogens is 200 g/mol. The van der Waals surface area contributed by atoms with Crippen molar-refractivity contribution < 1.29 is 13.2 Å². The van der Waals surface area contributed by atoms with E-state index in [2.05, 4.69) is 13.8 Å².